The second-order valence-corrected chi connectivity index (χ2v) is 5.64. The summed E-state index contributed by atoms with van der Waals surface area (Å²) in [5, 5.41) is 6.28. The standard InChI is InChI=1S/C15H25N3O2/c1-11(10-20-3)17-14(19)9-18-7-6-13(8-18)15(16-2)12-4-5-12/h6-8,11-12,15-16H,4-5,9-10H2,1-3H3,(H,17,19). The smallest absolute Gasteiger partial charge is 0.240 e. The third-order valence-corrected chi connectivity index (χ3v) is 3.69. The zero-order valence-corrected chi connectivity index (χ0v) is 12.6. The van der Waals surface area contributed by atoms with Crippen LogP contribution in [0.3, 0.4) is 0 Å². The number of nitrogens with zero attached hydrogens (tertiary/aromatic N) is 1. The van der Waals surface area contributed by atoms with Crippen LogP contribution in [0.4, 0.5) is 0 Å². The minimum atomic E-state index is 0.0177. The quantitative estimate of drug-likeness (QED) is 0.754. The highest BCUT2D eigenvalue weighted by atomic mass is 16.5. The molecule has 0 radical (unpaired) electrons. The maximum absolute atomic E-state index is 11.9. The minimum Gasteiger partial charge on any atom is -0.383 e. The van der Waals surface area contributed by atoms with E-state index in [9.17, 15) is 4.79 Å². The zero-order chi connectivity index (χ0) is 14.5. The molecule has 5 heteroatoms. The highest BCUT2D eigenvalue weighted by Gasteiger charge is 2.31. The van der Waals surface area contributed by atoms with E-state index in [4.69, 9.17) is 4.74 Å². The lowest BCUT2D eigenvalue weighted by atomic mass is 10.1. The number of hydrogen-bond acceptors (Lipinski definition) is 3. The summed E-state index contributed by atoms with van der Waals surface area (Å²) >= 11 is 0. The molecule has 2 N–H and O–H groups in total. The van der Waals surface area contributed by atoms with Crippen molar-refractivity contribution in [3.05, 3.63) is 24.0 Å². The SMILES string of the molecule is CNC(c1ccn(CC(=O)NC(C)COC)c1)C1CC1. The van der Waals surface area contributed by atoms with Crippen LogP contribution in [0.25, 0.3) is 0 Å². The van der Waals surface area contributed by atoms with Gasteiger partial charge < -0.3 is 19.9 Å². The summed E-state index contributed by atoms with van der Waals surface area (Å²) < 4.78 is 6.95. The fraction of sp³-hybridized carbons (Fsp3) is 0.667. The molecule has 0 aliphatic heterocycles. The van der Waals surface area contributed by atoms with Gasteiger partial charge in [-0.1, -0.05) is 0 Å². The Morgan fingerprint density at radius 3 is 2.90 bits per heavy atom. The van der Waals surface area contributed by atoms with E-state index in [0.29, 0.717) is 19.2 Å². The summed E-state index contributed by atoms with van der Waals surface area (Å²) in [7, 11) is 3.64. The summed E-state index contributed by atoms with van der Waals surface area (Å²) in [6, 6.07) is 2.57. The van der Waals surface area contributed by atoms with E-state index in [0.717, 1.165) is 5.92 Å². The predicted molar refractivity (Wildman–Crippen MR) is 78.4 cm³/mol. The molecule has 1 heterocycles. The van der Waals surface area contributed by atoms with E-state index in [2.05, 4.69) is 22.9 Å². The van der Waals surface area contributed by atoms with Crippen LogP contribution in [0.1, 0.15) is 31.4 Å². The van der Waals surface area contributed by atoms with Crippen molar-refractivity contribution < 1.29 is 9.53 Å². The molecule has 1 amide bonds. The molecule has 0 saturated heterocycles. The summed E-state index contributed by atoms with van der Waals surface area (Å²) in [6.45, 7) is 2.83. The van der Waals surface area contributed by atoms with E-state index in [-0.39, 0.29) is 11.9 Å². The van der Waals surface area contributed by atoms with Gasteiger partial charge in [0.25, 0.3) is 0 Å². The Morgan fingerprint density at radius 2 is 2.30 bits per heavy atom. The van der Waals surface area contributed by atoms with Gasteiger partial charge in [-0.2, -0.15) is 0 Å². The van der Waals surface area contributed by atoms with Gasteiger partial charge in [-0.15, -0.1) is 0 Å². The van der Waals surface area contributed by atoms with Crippen LogP contribution < -0.4 is 10.6 Å². The summed E-state index contributed by atoms with van der Waals surface area (Å²) in [4.78, 5) is 11.9. The molecule has 2 unspecified atom stereocenters. The van der Waals surface area contributed by atoms with Gasteiger partial charge in [-0.05, 0) is 44.4 Å². The van der Waals surface area contributed by atoms with E-state index in [1.807, 2.05) is 24.7 Å². The van der Waals surface area contributed by atoms with Gasteiger partial charge in [0.15, 0.2) is 0 Å². The fourth-order valence-corrected chi connectivity index (χ4v) is 2.62. The Morgan fingerprint density at radius 1 is 1.55 bits per heavy atom. The third kappa shape index (κ3) is 4.08. The number of carbonyl (C=O) groups is 1. The molecule has 0 spiro atoms. The number of hydrogen-bond donors (Lipinski definition) is 2. The summed E-state index contributed by atoms with van der Waals surface area (Å²) in [6.07, 6.45) is 6.64. The number of methoxy groups -OCH3 is 1. The van der Waals surface area contributed by atoms with Crippen LogP contribution in [-0.4, -0.2) is 37.3 Å². The Bertz CT molecular complexity index is 440. The first-order valence-corrected chi connectivity index (χ1v) is 7.25. The minimum absolute atomic E-state index is 0.0177. The molecular weight excluding hydrogens is 254 g/mol. The average Bonchev–Trinajstić information content (AvgIpc) is 3.11. The molecule has 1 aliphatic rings. The lowest BCUT2D eigenvalue weighted by Crippen LogP contribution is -2.37. The van der Waals surface area contributed by atoms with Gasteiger partial charge >= 0.3 is 0 Å². The van der Waals surface area contributed by atoms with Crippen molar-refractivity contribution in [2.24, 2.45) is 5.92 Å². The van der Waals surface area contributed by atoms with Gasteiger partial charge in [0.1, 0.15) is 6.54 Å². The molecule has 5 nitrogen and oxygen atoms in total. The average molecular weight is 279 g/mol. The third-order valence-electron chi connectivity index (χ3n) is 3.69. The van der Waals surface area contributed by atoms with Crippen LogP contribution in [0.15, 0.2) is 18.5 Å². The van der Waals surface area contributed by atoms with Crippen LogP contribution in [0.5, 0.6) is 0 Å². The van der Waals surface area contributed by atoms with Crippen LogP contribution >= 0.6 is 0 Å². The first-order valence-electron chi connectivity index (χ1n) is 7.25. The van der Waals surface area contributed by atoms with Crippen LogP contribution in [0, 0.1) is 5.92 Å². The van der Waals surface area contributed by atoms with Gasteiger partial charge in [-0.3, -0.25) is 4.79 Å². The first kappa shape index (κ1) is 15.1. The van der Waals surface area contributed by atoms with Gasteiger partial charge in [-0.25, -0.2) is 0 Å². The van der Waals surface area contributed by atoms with Crippen molar-refractivity contribution in [3.8, 4) is 0 Å². The highest BCUT2D eigenvalue weighted by Crippen LogP contribution is 2.40. The molecular formula is C15H25N3O2. The van der Waals surface area contributed by atoms with E-state index in [1.54, 1.807) is 7.11 Å². The van der Waals surface area contributed by atoms with Crippen LogP contribution in [-0.2, 0) is 16.1 Å². The van der Waals surface area contributed by atoms with E-state index >= 15 is 0 Å². The van der Waals surface area contributed by atoms with Gasteiger partial charge in [0, 0.05) is 31.6 Å². The molecule has 112 valence electrons. The molecule has 20 heavy (non-hydrogen) atoms. The van der Waals surface area contributed by atoms with Crippen molar-refractivity contribution in [3.63, 3.8) is 0 Å². The molecule has 1 aliphatic carbocycles. The number of aromatic nitrogens is 1. The van der Waals surface area contributed by atoms with Crippen molar-refractivity contribution >= 4 is 5.91 Å². The molecule has 2 rings (SSSR count). The monoisotopic (exact) mass is 279 g/mol. The summed E-state index contributed by atoms with van der Waals surface area (Å²) in [5.41, 5.74) is 1.27. The van der Waals surface area contributed by atoms with Crippen molar-refractivity contribution in [1.29, 1.82) is 0 Å². The molecule has 1 fully saturated rings. The topological polar surface area (TPSA) is 55.3 Å². The molecule has 2 atom stereocenters. The number of ether oxygens (including phenoxy) is 1. The predicted octanol–water partition coefficient (Wildman–Crippen LogP) is 1.31. The molecule has 1 aromatic rings. The first-order chi connectivity index (χ1) is 9.63. The lowest BCUT2D eigenvalue weighted by molar-refractivity contribution is -0.122. The maximum atomic E-state index is 11.9. The van der Waals surface area contributed by atoms with E-state index in [1.165, 1.54) is 18.4 Å². The Labute approximate surface area is 120 Å². The molecule has 0 aromatic carbocycles. The molecule has 1 aromatic heterocycles. The van der Waals surface area contributed by atoms with Gasteiger partial charge in [0.2, 0.25) is 5.91 Å². The number of carbonyl (C=O) groups excluding carboxylic acids is 1. The largest absolute Gasteiger partial charge is 0.383 e. The fourth-order valence-electron chi connectivity index (χ4n) is 2.62. The zero-order valence-electron chi connectivity index (χ0n) is 12.6. The van der Waals surface area contributed by atoms with Crippen molar-refractivity contribution in [1.82, 2.24) is 15.2 Å². The second-order valence-electron chi connectivity index (χ2n) is 5.64. The number of amides is 1. The van der Waals surface area contributed by atoms with Crippen molar-refractivity contribution in [2.45, 2.75) is 38.4 Å². The molecule has 0 bridgehead atoms. The summed E-state index contributed by atoms with van der Waals surface area (Å²) in [5.74, 6) is 0.774. The second kappa shape index (κ2) is 6.90. The Kier molecular flexibility index (Phi) is 5.20. The number of nitrogens with one attached hydrogen (secondary N) is 2. The van der Waals surface area contributed by atoms with Crippen molar-refractivity contribution in [2.75, 3.05) is 20.8 Å². The molecule has 1 saturated carbocycles. The Balaban J connectivity index is 1.87. The van der Waals surface area contributed by atoms with E-state index < -0.39 is 0 Å². The van der Waals surface area contributed by atoms with Gasteiger partial charge in [0.05, 0.1) is 6.61 Å². The normalized spacial score (nSPS) is 17.8. The van der Waals surface area contributed by atoms with Crippen LogP contribution in [0.2, 0.25) is 0 Å². The highest BCUT2D eigenvalue weighted by molar-refractivity contribution is 5.76. The lowest BCUT2D eigenvalue weighted by Gasteiger charge is -2.14. The Hall–Kier alpha value is -1.33. The maximum Gasteiger partial charge on any atom is 0.240 e. The number of rotatable bonds is 8.